The van der Waals surface area contributed by atoms with E-state index in [9.17, 15) is 4.79 Å². The van der Waals surface area contributed by atoms with E-state index in [2.05, 4.69) is 10.5 Å². The van der Waals surface area contributed by atoms with Crippen LogP contribution in [0.15, 0.2) is 35.5 Å². The number of rotatable bonds is 4. The lowest BCUT2D eigenvalue weighted by atomic mass is 10.2. The van der Waals surface area contributed by atoms with Crippen molar-refractivity contribution < 1.29 is 9.63 Å². The molecule has 0 aliphatic rings. The van der Waals surface area contributed by atoms with Crippen LogP contribution in [0.1, 0.15) is 12.5 Å². The maximum atomic E-state index is 11.0. The van der Waals surface area contributed by atoms with E-state index in [-0.39, 0.29) is 5.91 Å². The average Bonchev–Trinajstić information content (AvgIpc) is 2.29. The zero-order valence-corrected chi connectivity index (χ0v) is 8.86. The third-order valence-electron chi connectivity index (χ3n) is 1.83. The fourth-order valence-corrected chi connectivity index (χ4v) is 1.00. The Hall–Kier alpha value is -1.84. The van der Waals surface area contributed by atoms with E-state index in [4.69, 9.17) is 4.84 Å². The smallest absolute Gasteiger partial charge is 0.268 e. The summed E-state index contributed by atoms with van der Waals surface area (Å²) in [7, 11) is 1.55. The van der Waals surface area contributed by atoms with E-state index in [0.717, 1.165) is 5.56 Å². The molecule has 1 amide bonds. The number of hydrogen-bond donors (Lipinski definition) is 1. The predicted octanol–water partition coefficient (Wildman–Crippen LogP) is 1.33. The first-order valence-corrected chi connectivity index (χ1v) is 4.66. The fourth-order valence-electron chi connectivity index (χ4n) is 1.00. The standard InChI is InChI=1S/C11H14N2O2/c1-9(11(14)12-2)13-15-8-10-6-4-3-5-7-10/h3-7H,8H2,1-2H3,(H,12,14)/b13-9+. The molecule has 1 rings (SSSR count). The first kappa shape index (κ1) is 11.2. The quantitative estimate of drug-likeness (QED) is 0.596. The van der Waals surface area contributed by atoms with Crippen molar-refractivity contribution in [1.29, 1.82) is 0 Å². The van der Waals surface area contributed by atoms with E-state index in [1.807, 2.05) is 30.3 Å². The van der Waals surface area contributed by atoms with Gasteiger partial charge in [-0.25, -0.2) is 0 Å². The first-order valence-electron chi connectivity index (χ1n) is 4.66. The molecule has 0 aliphatic heterocycles. The van der Waals surface area contributed by atoms with Gasteiger partial charge in [0.15, 0.2) is 0 Å². The molecule has 4 nitrogen and oxygen atoms in total. The Labute approximate surface area is 88.9 Å². The Balaban J connectivity index is 2.42. The molecule has 0 aromatic heterocycles. The van der Waals surface area contributed by atoms with Gasteiger partial charge in [-0.2, -0.15) is 0 Å². The lowest BCUT2D eigenvalue weighted by Crippen LogP contribution is -2.25. The second kappa shape index (κ2) is 5.80. The Morgan fingerprint density at radius 3 is 2.67 bits per heavy atom. The molecule has 0 saturated carbocycles. The number of oxime groups is 1. The van der Waals surface area contributed by atoms with E-state index < -0.39 is 0 Å². The predicted molar refractivity (Wildman–Crippen MR) is 58.4 cm³/mol. The van der Waals surface area contributed by atoms with Crippen molar-refractivity contribution in [2.45, 2.75) is 13.5 Å². The van der Waals surface area contributed by atoms with Crippen LogP contribution in [0.3, 0.4) is 0 Å². The average molecular weight is 206 g/mol. The second-order valence-electron chi connectivity index (χ2n) is 3.01. The van der Waals surface area contributed by atoms with Gasteiger partial charge in [0.25, 0.3) is 5.91 Å². The summed E-state index contributed by atoms with van der Waals surface area (Å²) < 4.78 is 0. The Kier molecular flexibility index (Phi) is 4.34. The number of hydrogen-bond acceptors (Lipinski definition) is 3. The molecule has 0 bridgehead atoms. The minimum atomic E-state index is -0.233. The third kappa shape index (κ3) is 3.81. The van der Waals surface area contributed by atoms with Crippen LogP contribution in [0, 0.1) is 0 Å². The molecule has 4 heteroatoms. The van der Waals surface area contributed by atoms with Crippen LogP contribution >= 0.6 is 0 Å². The van der Waals surface area contributed by atoms with Crippen LogP contribution in [0.25, 0.3) is 0 Å². The Morgan fingerprint density at radius 2 is 2.07 bits per heavy atom. The van der Waals surface area contributed by atoms with E-state index in [0.29, 0.717) is 12.3 Å². The van der Waals surface area contributed by atoms with Crippen molar-refractivity contribution in [3.8, 4) is 0 Å². The maximum absolute atomic E-state index is 11.0. The summed E-state index contributed by atoms with van der Waals surface area (Å²) in [5.74, 6) is -0.233. The number of carbonyl (C=O) groups excluding carboxylic acids is 1. The monoisotopic (exact) mass is 206 g/mol. The van der Waals surface area contributed by atoms with Gasteiger partial charge in [0.1, 0.15) is 12.3 Å². The molecular weight excluding hydrogens is 192 g/mol. The Bertz CT molecular complexity index is 347. The molecule has 1 aromatic rings. The molecule has 0 atom stereocenters. The minimum absolute atomic E-state index is 0.233. The maximum Gasteiger partial charge on any atom is 0.268 e. The highest BCUT2D eigenvalue weighted by Gasteiger charge is 2.02. The second-order valence-corrected chi connectivity index (χ2v) is 3.01. The van der Waals surface area contributed by atoms with Crippen molar-refractivity contribution in [3.63, 3.8) is 0 Å². The summed E-state index contributed by atoms with van der Waals surface area (Å²) in [4.78, 5) is 16.1. The van der Waals surface area contributed by atoms with Gasteiger partial charge in [0.05, 0.1) is 0 Å². The number of amides is 1. The molecular formula is C11H14N2O2. The van der Waals surface area contributed by atoms with Crippen molar-refractivity contribution in [2.24, 2.45) is 5.16 Å². The number of carbonyl (C=O) groups is 1. The summed E-state index contributed by atoms with van der Waals surface area (Å²) >= 11 is 0. The molecule has 0 aliphatic carbocycles. The molecule has 1 aromatic carbocycles. The molecule has 0 spiro atoms. The van der Waals surface area contributed by atoms with Gasteiger partial charge in [0, 0.05) is 7.05 Å². The molecule has 1 N–H and O–H groups in total. The van der Waals surface area contributed by atoms with Crippen LogP contribution in [0.4, 0.5) is 0 Å². The van der Waals surface area contributed by atoms with Crippen molar-refractivity contribution >= 4 is 11.6 Å². The topological polar surface area (TPSA) is 50.7 Å². The molecule has 0 radical (unpaired) electrons. The van der Waals surface area contributed by atoms with Crippen molar-refractivity contribution in [3.05, 3.63) is 35.9 Å². The highest BCUT2D eigenvalue weighted by atomic mass is 16.6. The largest absolute Gasteiger partial charge is 0.391 e. The van der Waals surface area contributed by atoms with Crippen LogP contribution in [0.5, 0.6) is 0 Å². The highest BCUT2D eigenvalue weighted by Crippen LogP contribution is 2.00. The van der Waals surface area contributed by atoms with Gasteiger partial charge in [0.2, 0.25) is 0 Å². The Morgan fingerprint density at radius 1 is 1.40 bits per heavy atom. The van der Waals surface area contributed by atoms with E-state index in [1.165, 1.54) is 0 Å². The van der Waals surface area contributed by atoms with Gasteiger partial charge < -0.3 is 10.2 Å². The van der Waals surface area contributed by atoms with Crippen LogP contribution in [-0.4, -0.2) is 18.7 Å². The molecule has 0 saturated heterocycles. The zero-order valence-electron chi connectivity index (χ0n) is 8.86. The summed E-state index contributed by atoms with van der Waals surface area (Å²) in [6.45, 7) is 1.97. The molecule has 80 valence electrons. The molecule has 0 heterocycles. The van der Waals surface area contributed by atoms with E-state index >= 15 is 0 Å². The van der Waals surface area contributed by atoms with Crippen LogP contribution < -0.4 is 5.32 Å². The first-order chi connectivity index (χ1) is 7.24. The van der Waals surface area contributed by atoms with Crippen molar-refractivity contribution in [1.82, 2.24) is 5.32 Å². The molecule has 0 fully saturated rings. The van der Waals surface area contributed by atoms with Gasteiger partial charge in [-0.05, 0) is 12.5 Å². The number of nitrogens with one attached hydrogen (secondary N) is 1. The lowest BCUT2D eigenvalue weighted by molar-refractivity contribution is -0.114. The fraction of sp³-hybridized carbons (Fsp3) is 0.273. The highest BCUT2D eigenvalue weighted by molar-refractivity contribution is 6.37. The van der Waals surface area contributed by atoms with Gasteiger partial charge in [-0.3, -0.25) is 4.79 Å². The van der Waals surface area contributed by atoms with Gasteiger partial charge in [-0.1, -0.05) is 35.5 Å². The molecule has 15 heavy (non-hydrogen) atoms. The number of benzene rings is 1. The zero-order chi connectivity index (χ0) is 11.1. The third-order valence-corrected chi connectivity index (χ3v) is 1.83. The van der Waals surface area contributed by atoms with Gasteiger partial charge >= 0.3 is 0 Å². The van der Waals surface area contributed by atoms with Crippen LogP contribution in [0.2, 0.25) is 0 Å². The summed E-state index contributed by atoms with van der Waals surface area (Å²) in [5, 5.41) is 6.16. The summed E-state index contributed by atoms with van der Waals surface area (Å²) in [5.41, 5.74) is 1.33. The SMILES string of the molecule is CNC(=O)/C(C)=N/OCc1ccccc1. The van der Waals surface area contributed by atoms with Gasteiger partial charge in [-0.15, -0.1) is 0 Å². The lowest BCUT2D eigenvalue weighted by Gasteiger charge is -2.01. The normalized spacial score (nSPS) is 10.9. The van der Waals surface area contributed by atoms with Crippen LogP contribution in [-0.2, 0) is 16.2 Å². The molecule has 0 unspecified atom stereocenters. The number of nitrogens with zero attached hydrogens (tertiary/aromatic N) is 1. The summed E-state index contributed by atoms with van der Waals surface area (Å²) in [6.07, 6.45) is 0. The van der Waals surface area contributed by atoms with E-state index in [1.54, 1.807) is 14.0 Å². The minimum Gasteiger partial charge on any atom is -0.391 e. The summed E-state index contributed by atoms with van der Waals surface area (Å²) in [6, 6.07) is 9.65. The van der Waals surface area contributed by atoms with Crippen molar-refractivity contribution in [2.75, 3.05) is 7.05 Å².